The lowest BCUT2D eigenvalue weighted by Crippen LogP contribution is -2.07. The van der Waals surface area contributed by atoms with Crippen molar-refractivity contribution < 1.29 is 14.6 Å². The smallest absolute Gasteiger partial charge is 0.247 e. The monoisotopic (exact) mass is 415 g/mol. The van der Waals surface area contributed by atoms with Crippen LogP contribution in [0.4, 0.5) is 11.4 Å². The van der Waals surface area contributed by atoms with E-state index in [0.29, 0.717) is 35.0 Å². The van der Waals surface area contributed by atoms with Crippen LogP contribution in [-0.4, -0.2) is 39.1 Å². The number of aliphatic hydroxyl groups excluding tert-OH is 1. The number of aliphatic hydroxyl groups is 1. The normalized spacial score (nSPS) is 10.6. The molecule has 0 fully saturated rings. The van der Waals surface area contributed by atoms with Gasteiger partial charge in [-0.3, -0.25) is 4.79 Å². The van der Waals surface area contributed by atoms with Gasteiger partial charge in [0.05, 0.1) is 12.8 Å². The zero-order valence-corrected chi connectivity index (χ0v) is 16.6. The number of carbonyl (C=O) groups is 1. The van der Waals surface area contributed by atoms with Crippen molar-refractivity contribution in [3.63, 3.8) is 0 Å². The molecule has 31 heavy (non-hydrogen) atoms. The van der Waals surface area contributed by atoms with Crippen LogP contribution in [0.5, 0.6) is 11.6 Å². The van der Waals surface area contributed by atoms with E-state index in [1.807, 2.05) is 30.5 Å². The molecule has 0 radical (unpaired) electrons. The number of fused-ring (bicyclic) bond motifs is 1. The maximum atomic E-state index is 11.5. The predicted molar refractivity (Wildman–Crippen MR) is 120 cm³/mol. The Balaban J connectivity index is 1.58. The summed E-state index contributed by atoms with van der Waals surface area (Å²) in [7, 11) is 0. The quantitative estimate of drug-likeness (QED) is 0.324. The minimum atomic E-state index is -0.298. The molecule has 0 atom stereocenters. The summed E-state index contributed by atoms with van der Waals surface area (Å²) in [6.07, 6.45) is 4.60. The average Bonchev–Trinajstić information content (AvgIpc) is 3.21. The van der Waals surface area contributed by atoms with Crippen molar-refractivity contribution in [2.75, 3.05) is 23.8 Å². The molecule has 0 saturated heterocycles. The maximum absolute atomic E-state index is 11.5. The van der Waals surface area contributed by atoms with Crippen LogP contribution in [0.25, 0.3) is 22.3 Å². The van der Waals surface area contributed by atoms with Gasteiger partial charge in [0, 0.05) is 35.7 Å². The second-order valence-electron chi connectivity index (χ2n) is 6.66. The molecule has 0 aliphatic heterocycles. The Hall–Kier alpha value is -4.17. The standard InChI is InChI=1S/C23H21N5O3/c1-2-20(30)27-17-4-3-5-18(12-17)31-21-14-26-23-22(28-21)19(13-25-23)15-6-8-16(9-7-15)24-10-11-29/h2-9,12-14,24,29H,1,10-11H2,(H,25,26)(H,27,30). The number of aromatic nitrogens is 3. The number of nitrogens with zero attached hydrogens (tertiary/aromatic N) is 2. The SMILES string of the molecule is C=CC(=O)Nc1cccc(Oc2cnc3[nH]cc(-c4ccc(NCCO)cc4)c3n2)c1. The van der Waals surface area contributed by atoms with Gasteiger partial charge in [-0.05, 0) is 35.9 Å². The van der Waals surface area contributed by atoms with Crippen LogP contribution in [0.1, 0.15) is 0 Å². The molecule has 0 bridgehead atoms. The first-order valence-electron chi connectivity index (χ1n) is 9.67. The molecule has 156 valence electrons. The highest BCUT2D eigenvalue weighted by atomic mass is 16.5. The maximum Gasteiger partial charge on any atom is 0.247 e. The number of ether oxygens (including phenoxy) is 1. The molecule has 0 aliphatic carbocycles. The Labute approximate surface area is 178 Å². The van der Waals surface area contributed by atoms with Gasteiger partial charge >= 0.3 is 0 Å². The predicted octanol–water partition coefficient (Wildman–Crippen LogP) is 3.95. The number of anilines is 2. The third-order valence-corrected chi connectivity index (χ3v) is 4.50. The first-order chi connectivity index (χ1) is 15.2. The van der Waals surface area contributed by atoms with Gasteiger partial charge in [-0.1, -0.05) is 24.8 Å². The van der Waals surface area contributed by atoms with Crippen LogP contribution in [0.3, 0.4) is 0 Å². The fraction of sp³-hybridized carbons (Fsp3) is 0.0870. The van der Waals surface area contributed by atoms with Crippen LogP contribution in [0.2, 0.25) is 0 Å². The second kappa shape index (κ2) is 9.10. The van der Waals surface area contributed by atoms with Crippen molar-refractivity contribution in [3.05, 3.63) is 73.6 Å². The molecule has 2 heterocycles. The minimum absolute atomic E-state index is 0.0755. The summed E-state index contributed by atoms with van der Waals surface area (Å²) < 4.78 is 5.87. The third kappa shape index (κ3) is 4.71. The molecule has 4 aromatic rings. The highest BCUT2D eigenvalue weighted by molar-refractivity contribution is 5.99. The van der Waals surface area contributed by atoms with E-state index in [4.69, 9.17) is 9.84 Å². The lowest BCUT2D eigenvalue weighted by Gasteiger charge is -2.08. The second-order valence-corrected chi connectivity index (χ2v) is 6.66. The molecule has 4 rings (SSSR count). The average molecular weight is 415 g/mol. The van der Waals surface area contributed by atoms with Crippen LogP contribution < -0.4 is 15.4 Å². The summed E-state index contributed by atoms with van der Waals surface area (Å²) in [5.74, 6) is 0.557. The molecule has 2 aromatic heterocycles. The number of hydrogen-bond acceptors (Lipinski definition) is 6. The molecule has 0 spiro atoms. The highest BCUT2D eigenvalue weighted by Crippen LogP contribution is 2.30. The van der Waals surface area contributed by atoms with Crippen molar-refractivity contribution in [2.45, 2.75) is 0 Å². The Bertz CT molecular complexity index is 1220. The van der Waals surface area contributed by atoms with E-state index in [9.17, 15) is 4.79 Å². The van der Waals surface area contributed by atoms with Crippen LogP contribution in [0, 0.1) is 0 Å². The number of H-pyrrole nitrogens is 1. The summed E-state index contributed by atoms with van der Waals surface area (Å²) >= 11 is 0. The van der Waals surface area contributed by atoms with E-state index in [0.717, 1.165) is 16.8 Å². The molecule has 0 saturated carbocycles. The number of aromatic amines is 1. The number of carbonyl (C=O) groups excluding carboxylic acids is 1. The topological polar surface area (TPSA) is 112 Å². The Morgan fingerprint density at radius 1 is 1.19 bits per heavy atom. The van der Waals surface area contributed by atoms with Gasteiger partial charge in [-0.2, -0.15) is 0 Å². The van der Waals surface area contributed by atoms with Crippen molar-refractivity contribution in [1.29, 1.82) is 0 Å². The van der Waals surface area contributed by atoms with Gasteiger partial charge in [-0.25, -0.2) is 9.97 Å². The van der Waals surface area contributed by atoms with Crippen molar-refractivity contribution in [3.8, 4) is 22.8 Å². The van der Waals surface area contributed by atoms with Crippen LogP contribution >= 0.6 is 0 Å². The van der Waals surface area contributed by atoms with Crippen molar-refractivity contribution >= 4 is 28.4 Å². The van der Waals surface area contributed by atoms with Crippen LogP contribution in [-0.2, 0) is 4.79 Å². The Morgan fingerprint density at radius 3 is 2.81 bits per heavy atom. The van der Waals surface area contributed by atoms with Crippen LogP contribution in [0.15, 0.2) is 73.6 Å². The fourth-order valence-corrected chi connectivity index (χ4v) is 3.06. The first-order valence-corrected chi connectivity index (χ1v) is 9.67. The molecule has 2 aromatic carbocycles. The number of amides is 1. The summed E-state index contributed by atoms with van der Waals surface area (Å²) in [5.41, 5.74) is 4.72. The Morgan fingerprint density at radius 2 is 2.03 bits per heavy atom. The summed E-state index contributed by atoms with van der Waals surface area (Å²) in [4.78, 5) is 23.6. The fourth-order valence-electron chi connectivity index (χ4n) is 3.06. The third-order valence-electron chi connectivity index (χ3n) is 4.50. The van der Waals surface area contributed by atoms with Crippen molar-refractivity contribution in [1.82, 2.24) is 15.0 Å². The lowest BCUT2D eigenvalue weighted by atomic mass is 10.1. The molecular weight excluding hydrogens is 394 g/mol. The molecule has 1 amide bonds. The van der Waals surface area contributed by atoms with E-state index < -0.39 is 0 Å². The van der Waals surface area contributed by atoms with Gasteiger partial charge in [-0.15, -0.1) is 0 Å². The zero-order valence-electron chi connectivity index (χ0n) is 16.6. The molecule has 8 heteroatoms. The van der Waals surface area contributed by atoms with E-state index in [-0.39, 0.29) is 12.5 Å². The van der Waals surface area contributed by atoms with E-state index in [2.05, 4.69) is 32.2 Å². The van der Waals surface area contributed by atoms with Gasteiger partial charge in [0.15, 0.2) is 5.65 Å². The zero-order chi connectivity index (χ0) is 21.6. The molecule has 8 nitrogen and oxygen atoms in total. The first kappa shape index (κ1) is 20.1. The number of benzene rings is 2. The van der Waals surface area contributed by atoms with E-state index in [1.165, 1.54) is 6.08 Å². The highest BCUT2D eigenvalue weighted by Gasteiger charge is 2.11. The van der Waals surface area contributed by atoms with Gasteiger partial charge in [0.1, 0.15) is 11.3 Å². The van der Waals surface area contributed by atoms with E-state index >= 15 is 0 Å². The molecule has 4 N–H and O–H groups in total. The van der Waals surface area contributed by atoms with Gasteiger partial charge < -0.3 is 25.5 Å². The Kier molecular flexibility index (Phi) is 5.91. The summed E-state index contributed by atoms with van der Waals surface area (Å²) in [6.45, 7) is 4.02. The van der Waals surface area contributed by atoms with Gasteiger partial charge in [0.2, 0.25) is 11.8 Å². The van der Waals surface area contributed by atoms with Crippen molar-refractivity contribution in [2.24, 2.45) is 0 Å². The molecule has 0 unspecified atom stereocenters. The minimum Gasteiger partial charge on any atom is -0.437 e. The largest absolute Gasteiger partial charge is 0.437 e. The molecular formula is C23H21N5O3. The number of rotatable bonds is 8. The summed E-state index contributed by atoms with van der Waals surface area (Å²) in [5, 5.41) is 14.7. The molecule has 0 aliphatic rings. The summed E-state index contributed by atoms with van der Waals surface area (Å²) in [6, 6.07) is 14.8. The number of hydrogen-bond donors (Lipinski definition) is 4. The van der Waals surface area contributed by atoms with E-state index in [1.54, 1.807) is 30.5 Å². The lowest BCUT2D eigenvalue weighted by molar-refractivity contribution is -0.111. The van der Waals surface area contributed by atoms with Gasteiger partial charge in [0.25, 0.3) is 0 Å². The number of nitrogens with one attached hydrogen (secondary N) is 3.